The predicted octanol–water partition coefficient (Wildman–Crippen LogP) is 2.96. The molecule has 1 aromatic rings. The van der Waals surface area contributed by atoms with Gasteiger partial charge in [0.1, 0.15) is 5.78 Å². The van der Waals surface area contributed by atoms with Gasteiger partial charge in [-0.2, -0.15) is 0 Å². The number of hydrogen-bond donors (Lipinski definition) is 1. The quantitative estimate of drug-likeness (QED) is 0.913. The largest absolute Gasteiger partial charge is 0.316 e. The van der Waals surface area contributed by atoms with Crippen LogP contribution in [0.15, 0.2) is 18.2 Å². The summed E-state index contributed by atoms with van der Waals surface area (Å²) in [5.74, 6) is 0.831. The third kappa shape index (κ3) is 3.01. The zero-order valence-electron chi connectivity index (χ0n) is 9.67. The number of rotatable bonds is 4. The summed E-state index contributed by atoms with van der Waals surface area (Å²) in [6, 6.07) is 5.28. The van der Waals surface area contributed by atoms with Gasteiger partial charge in [-0.15, -0.1) is 0 Å². The zero-order chi connectivity index (χ0) is 12.4. The van der Waals surface area contributed by atoms with E-state index in [4.69, 9.17) is 23.2 Å². The first-order valence-electron chi connectivity index (χ1n) is 5.75. The fourth-order valence-corrected chi connectivity index (χ4v) is 2.42. The smallest absolute Gasteiger partial charge is 0.140 e. The number of carbonyl (C=O) groups is 1. The van der Waals surface area contributed by atoms with Crippen molar-refractivity contribution in [3.8, 4) is 0 Å². The lowest BCUT2D eigenvalue weighted by atomic mass is 9.84. The molecule has 0 spiro atoms. The number of nitrogens with one attached hydrogen (secondary N) is 1. The molecule has 2 nitrogen and oxygen atoms in total. The van der Waals surface area contributed by atoms with Crippen LogP contribution in [0, 0.1) is 11.8 Å². The first-order chi connectivity index (χ1) is 8.08. The van der Waals surface area contributed by atoms with Crippen molar-refractivity contribution < 1.29 is 4.79 Å². The Kier molecular flexibility index (Phi) is 4.08. The van der Waals surface area contributed by atoms with Crippen molar-refractivity contribution in [2.45, 2.75) is 13.3 Å². The summed E-state index contributed by atoms with van der Waals surface area (Å²) in [4.78, 5) is 12.1. The topological polar surface area (TPSA) is 29.1 Å². The van der Waals surface area contributed by atoms with Gasteiger partial charge in [-0.25, -0.2) is 0 Å². The monoisotopic (exact) mass is 271 g/mol. The third-order valence-electron chi connectivity index (χ3n) is 3.41. The van der Waals surface area contributed by atoms with Crippen molar-refractivity contribution in [1.29, 1.82) is 0 Å². The van der Waals surface area contributed by atoms with Crippen molar-refractivity contribution in [3.05, 3.63) is 33.8 Å². The van der Waals surface area contributed by atoms with Crippen molar-refractivity contribution in [1.82, 2.24) is 5.32 Å². The molecular weight excluding hydrogens is 257 g/mol. The zero-order valence-corrected chi connectivity index (χ0v) is 11.2. The summed E-state index contributed by atoms with van der Waals surface area (Å²) in [5.41, 5.74) is 0.861. The molecule has 0 amide bonds. The van der Waals surface area contributed by atoms with E-state index < -0.39 is 0 Å². The van der Waals surface area contributed by atoms with Gasteiger partial charge in [-0.3, -0.25) is 4.79 Å². The number of benzene rings is 1. The normalized spacial score (nSPS) is 17.6. The van der Waals surface area contributed by atoms with Gasteiger partial charge in [0.2, 0.25) is 0 Å². The predicted molar refractivity (Wildman–Crippen MR) is 70.7 cm³/mol. The Morgan fingerprint density at radius 3 is 2.71 bits per heavy atom. The molecule has 1 saturated heterocycles. The highest BCUT2D eigenvalue weighted by atomic mass is 35.5. The molecule has 0 saturated carbocycles. The number of hydrogen-bond acceptors (Lipinski definition) is 2. The molecule has 1 aliphatic rings. The summed E-state index contributed by atoms with van der Waals surface area (Å²) in [6.07, 6.45) is 0.396. The molecule has 0 aromatic heterocycles. The van der Waals surface area contributed by atoms with E-state index in [1.165, 1.54) is 0 Å². The molecule has 1 N–H and O–H groups in total. The van der Waals surface area contributed by atoms with E-state index in [2.05, 4.69) is 5.32 Å². The molecule has 17 heavy (non-hydrogen) atoms. The summed E-state index contributed by atoms with van der Waals surface area (Å²) in [5, 5.41) is 4.36. The molecule has 0 aliphatic carbocycles. The molecule has 1 atom stereocenters. The molecule has 0 bridgehead atoms. The van der Waals surface area contributed by atoms with E-state index in [0.29, 0.717) is 22.4 Å². The van der Waals surface area contributed by atoms with Gasteiger partial charge >= 0.3 is 0 Å². The second kappa shape index (κ2) is 5.38. The molecule has 92 valence electrons. The van der Waals surface area contributed by atoms with Crippen molar-refractivity contribution >= 4 is 29.0 Å². The molecule has 2 rings (SSSR count). The van der Waals surface area contributed by atoms with Crippen molar-refractivity contribution in [2.75, 3.05) is 13.1 Å². The first-order valence-corrected chi connectivity index (χ1v) is 6.51. The van der Waals surface area contributed by atoms with Crippen LogP contribution in [-0.2, 0) is 11.2 Å². The van der Waals surface area contributed by atoms with E-state index >= 15 is 0 Å². The van der Waals surface area contributed by atoms with E-state index in [1.807, 2.05) is 13.0 Å². The van der Waals surface area contributed by atoms with Gasteiger partial charge in [0.05, 0.1) is 0 Å². The molecule has 1 unspecified atom stereocenters. The van der Waals surface area contributed by atoms with Gasteiger partial charge < -0.3 is 5.32 Å². The lowest BCUT2D eigenvalue weighted by Crippen LogP contribution is -2.47. The van der Waals surface area contributed by atoms with E-state index in [-0.39, 0.29) is 11.7 Å². The van der Waals surface area contributed by atoms with Crippen LogP contribution in [0.2, 0.25) is 10.0 Å². The Hall–Kier alpha value is -0.570. The van der Waals surface area contributed by atoms with Gasteiger partial charge in [0, 0.05) is 22.4 Å². The van der Waals surface area contributed by atoms with E-state index in [1.54, 1.807) is 12.1 Å². The lowest BCUT2D eigenvalue weighted by molar-refractivity contribution is -0.123. The average Bonchev–Trinajstić information content (AvgIpc) is 2.19. The molecule has 1 heterocycles. The van der Waals surface area contributed by atoms with Gasteiger partial charge in [0.25, 0.3) is 0 Å². The number of carbonyl (C=O) groups excluding carboxylic acids is 1. The van der Waals surface area contributed by atoms with Crippen LogP contribution < -0.4 is 5.32 Å². The Morgan fingerprint density at radius 2 is 2.18 bits per heavy atom. The number of Topliss-reactive ketones (excluding diaryl/α,β-unsaturated/α-hetero) is 1. The highest BCUT2D eigenvalue weighted by Gasteiger charge is 2.28. The van der Waals surface area contributed by atoms with Crippen molar-refractivity contribution in [3.63, 3.8) is 0 Å². The Labute approximate surface area is 111 Å². The first kappa shape index (κ1) is 12.9. The van der Waals surface area contributed by atoms with Gasteiger partial charge in [0.15, 0.2) is 0 Å². The number of ketones is 1. The Balaban J connectivity index is 2.02. The van der Waals surface area contributed by atoms with E-state index in [0.717, 1.165) is 18.7 Å². The molecule has 1 aliphatic heterocycles. The Bertz CT molecular complexity index is 429. The average molecular weight is 272 g/mol. The highest BCUT2D eigenvalue weighted by Crippen LogP contribution is 2.24. The highest BCUT2D eigenvalue weighted by molar-refractivity contribution is 6.35. The second-order valence-electron chi connectivity index (χ2n) is 4.59. The maximum Gasteiger partial charge on any atom is 0.140 e. The standard InChI is InChI=1S/C13H15Cl2NO/c1-8(10-6-16-7-10)13(17)4-9-2-3-11(14)5-12(9)15/h2-3,5,8,10,16H,4,6-7H2,1H3. The van der Waals surface area contributed by atoms with Crippen LogP contribution in [0.3, 0.4) is 0 Å². The molecule has 4 heteroatoms. The van der Waals surface area contributed by atoms with Crippen LogP contribution >= 0.6 is 23.2 Å². The summed E-state index contributed by atoms with van der Waals surface area (Å²) >= 11 is 11.9. The maximum absolute atomic E-state index is 12.1. The minimum absolute atomic E-state index is 0.1000. The van der Waals surface area contributed by atoms with Gasteiger partial charge in [-0.1, -0.05) is 36.2 Å². The summed E-state index contributed by atoms with van der Waals surface area (Å²) in [6.45, 7) is 3.89. The Morgan fingerprint density at radius 1 is 1.47 bits per heavy atom. The van der Waals surface area contributed by atoms with Crippen molar-refractivity contribution in [2.24, 2.45) is 11.8 Å². The molecule has 1 fully saturated rings. The van der Waals surface area contributed by atoms with E-state index in [9.17, 15) is 4.79 Å². The fraction of sp³-hybridized carbons (Fsp3) is 0.462. The molecule has 0 radical (unpaired) electrons. The summed E-state index contributed by atoms with van der Waals surface area (Å²) < 4.78 is 0. The van der Waals surface area contributed by atoms with Crippen LogP contribution in [0.4, 0.5) is 0 Å². The third-order valence-corrected chi connectivity index (χ3v) is 3.99. The lowest BCUT2D eigenvalue weighted by Gasteiger charge is -2.31. The fourth-order valence-electron chi connectivity index (χ4n) is 1.94. The maximum atomic E-state index is 12.1. The minimum atomic E-state index is 0.1000. The minimum Gasteiger partial charge on any atom is -0.316 e. The van der Waals surface area contributed by atoms with Gasteiger partial charge in [-0.05, 0) is 36.7 Å². The molecule has 1 aromatic carbocycles. The second-order valence-corrected chi connectivity index (χ2v) is 5.43. The SMILES string of the molecule is CC(C(=O)Cc1ccc(Cl)cc1Cl)C1CNC1. The van der Waals surface area contributed by atoms with Crippen LogP contribution in [0.1, 0.15) is 12.5 Å². The van der Waals surface area contributed by atoms with Crippen LogP contribution in [0.25, 0.3) is 0 Å². The molecular formula is C13H15Cl2NO. The summed E-state index contributed by atoms with van der Waals surface area (Å²) in [7, 11) is 0. The van der Waals surface area contributed by atoms with Crippen LogP contribution in [-0.4, -0.2) is 18.9 Å². The number of halogens is 2. The van der Waals surface area contributed by atoms with Crippen LogP contribution in [0.5, 0.6) is 0 Å².